The van der Waals surface area contributed by atoms with E-state index in [1.807, 2.05) is 36.4 Å². The van der Waals surface area contributed by atoms with E-state index >= 15 is 4.48 Å². The van der Waals surface area contributed by atoms with Gasteiger partial charge in [-0.15, -0.1) is 11.3 Å². The van der Waals surface area contributed by atoms with Crippen LogP contribution in [0.5, 0.6) is 0 Å². The number of halogens is 1. The van der Waals surface area contributed by atoms with Gasteiger partial charge in [0.25, 0.3) is 0 Å². The number of quaternary nitrogens is 1. The van der Waals surface area contributed by atoms with Gasteiger partial charge in [0, 0.05) is 30.3 Å². The van der Waals surface area contributed by atoms with E-state index < -0.39 is 16.9 Å². The van der Waals surface area contributed by atoms with Gasteiger partial charge in [0.05, 0.1) is 5.52 Å². The average molecular weight is 313 g/mol. The Morgan fingerprint density at radius 3 is 2.96 bits per heavy atom. The Kier molecular flexibility index (Phi) is 3.47. The van der Waals surface area contributed by atoms with Crippen molar-refractivity contribution in [3.63, 3.8) is 0 Å². The van der Waals surface area contributed by atoms with Gasteiger partial charge in [-0.1, -0.05) is 24.3 Å². The second-order valence-electron chi connectivity index (χ2n) is 6.95. The predicted molar refractivity (Wildman–Crippen MR) is 88.0 cm³/mol. The molecule has 1 N–H and O–H groups in total. The van der Waals surface area contributed by atoms with Gasteiger partial charge >= 0.3 is 0 Å². The van der Waals surface area contributed by atoms with E-state index in [1.165, 1.54) is 0 Å². The zero-order chi connectivity index (χ0) is 16.0. The van der Waals surface area contributed by atoms with Crippen LogP contribution in [0.25, 0.3) is 10.9 Å². The number of para-hydroxylation sites is 1. The van der Waals surface area contributed by atoms with E-state index in [1.54, 1.807) is 6.20 Å². The Balaban J connectivity index is 1.72. The van der Waals surface area contributed by atoms with E-state index in [0.29, 0.717) is 25.4 Å². The minimum Gasteiger partial charge on any atom is -0.382 e. The van der Waals surface area contributed by atoms with Crippen LogP contribution < -0.4 is 0 Å². The molecule has 4 heterocycles. The molecule has 4 heteroatoms. The van der Waals surface area contributed by atoms with Gasteiger partial charge in [0.1, 0.15) is 19.2 Å². The molecule has 1 aromatic heterocycles. The van der Waals surface area contributed by atoms with Crippen LogP contribution in [0.15, 0.2) is 49.2 Å². The quantitative estimate of drug-likeness (QED) is 0.694. The first kappa shape index (κ1) is 14.8. The van der Waals surface area contributed by atoms with Crippen molar-refractivity contribution in [1.29, 1.82) is 0 Å². The number of hydrogen-bond donors (Lipinski definition) is 1. The lowest BCUT2D eigenvalue weighted by Crippen LogP contribution is -2.63. The lowest BCUT2D eigenvalue weighted by molar-refractivity contribution is -1.09. The highest BCUT2D eigenvalue weighted by atomic mass is 19.2. The van der Waals surface area contributed by atoms with Crippen LogP contribution in [0.2, 0.25) is 0 Å². The number of aromatic nitrogens is 1. The normalized spacial score (nSPS) is 34.4. The van der Waals surface area contributed by atoms with Gasteiger partial charge in [-0.25, -0.2) is 0 Å². The highest BCUT2D eigenvalue weighted by molar-refractivity contribution is 5.82. The lowest BCUT2D eigenvalue weighted by Gasteiger charge is -2.50. The summed E-state index contributed by atoms with van der Waals surface area (Å²) in [7, 11) is 0. The topological polar surface area (TPSA) is 33.1 Å². The van der Waals surface area contributed by atoms with Crippen molar-refractivity contribution in [3.05, 3.63) is 54.7 Å². The Bertz CT molecular complexity index is 744. The van der Waals surface area contributed by atoms with Crippen LogP contribution in [0, 0.1) is 11.8 Å². The summed E-state index contributed by atoms with van der Waals surface area (Å²) < 4.78 is 15.0. The fraction of sp³-hybridized carbons (Fsp3) is 0.421. The molecule has 3 aliphatic heterocycles. The zero-order valence-corrected chi connectivity index (χ0v) is 13.1. The number of pyridine rings is 1. The summed E-state index contributed by atoms with van der Waals surface area (Å²) >= 11 is 0. The molecule has 1 aromatic carbocycles. The molecule has 0 saturated carbocycles. The van der Waals surface area contributed by atoms with Gasteiger partial charge < -0.3 is 5.11 Å². The van der Waals surface area contributed by atoms with E-state index in [9.17, 15) is 5.11 Å². The Hall–Kier alpha value is -1.78. The fourth-order valence-electron chi connectivity index (χ4n) is 4.51. The Morgan fingerprint density at radius 1 is 1.35 bits per heavy atom. The summed E-state index contributed by atoms with van der Waals surface area (Å²) in [5.41, 5.74) is 1.63. The number of piperidine rings is 3. The lowest BCUT2D eigenvalue weighted by atomic mass is 9.73. The number of fused-ring (bicyclic) bond motifs is 4. The first-order valence-electron chi connectivity index (χ1n) is 8.33. The smallest absolute Gasteiger partial charge is 0.155 e. The van der Waals surface area contributed by atoms with E-state index in [0.717, 1.165) is 22.9 Å². The van der Waals surface area contributed by atoms with Crippen molar-refractivity contribution in [3.8, 4) is 0 Å². The molecule has 0 spiro atoms. The van der Waals surface area contributed by atoms with Crippen LogP contribution in [0.3, 0.4) is 0 Å². The standard InChI is InChI=1S/C19H22FN2O/c1-2-13-12-22(20)10-8-14(13)11-18(22)19(23)16-7-9-21-17-6-4-3-5-15(16)17/h2-7,9,13-14,18-19,23H,1,8,10-12H2/q+1/t13?,14?,18-,19+,22?/m0/s1. The number of rotatable bonds is 3. The van der Waals surface area contributed by atoms with Crippen molar-refractivity contribution < 1.29 is 14.3 Å². The third-order valence-corrected chi connectivity index (χ3v) is 5.80. The SMILES string of the molecule is C=CC1C[N+]2(F)CCC1C[C@H]2[C@H](O)c1ccnc2ccccc12. The summed E-state index contributed by atoms with van der Waals surface area (Å²) in [5, 5.41) is 11.9. The number of benzene rings is 1. The molecule has 3 saturated heterocycles. The van der Waals surface area contributed by atoms with Crippen LogP contribution in [0.1, 0.15) is 24.5 Å². The van der Waals surface area contributed by atoms with Crippen molar-refractivity contribution in [2.24, 2.45) is 11.8 Å². The van der Waals surface area contributed by atoms with Crippen LogP contribution in [-0.4, -0.2) is 33.9 Å². The number of aliphatic hydroxyl groups is 1. The zero-order valence-electron chi connectivity index (χ0n) is 13.1. The minimum atomic E-state index is -0.804. The molecule has 0 radical (unpaired) electrons. The predicted octanol–water partition coefficient (Wildman–Crippen LogP) is 3.56. The second-order valence-corrected chi connectivity index (χ2v) is 6.95. The molecule has 3 fully saturated rings. The molecule has 2 bridgehead atoms. The van der Waals surface area contributed by atoms with Gasteiger partial charge in [-0.3, -0.25) is 4.98 Å². The van der Waals surface area contributed by atoms with E-state index in [4.69, 9.17) is 0 Å². The summed E-state index contributed by atoms with van der Waals surface area (Å²) in [6.45, 7) is 4.80. The fourth-order valence-corrected chi connectivity index (χ4v) is 4.51. The Labute approximate surface area is 135 Å². The highest BCUT2D eigenvalue weighted by Crippen LogP contribution is 2.47. The molecule has 5 rings (SSSR count). The molecular weight excluding hydrogens is 291 g/mol. The van der Waals surface area contributed by atoms with Crippen molar-refractivity contribution in [2.75, 3.05) is 13.1 Å². The number of hydrogen-bond acceptors (Lipinski definition) is 2. The maximum Gasteiger partial charge on any atom is 0.155 e. The first-order valence-corrected chi connectivity index (χ1v) is 8.33. The molecule has 120 valence electrons. The minimum absolute atomic E-state index is 0.228. The number of nitrogens with zero attached hydrogens (tertiary/aromatic N) is 2. The molecule has 23 heavy (non-hydrogen) atoms. The maximum atomic E-state index is 15.5. The van der Waals surface area contributed by atoms with Gasteiger partial charge in [-0.05, 0) is 28.1 Å². The average Bonchev–Trinajstić information content (AvgIpc) is 2.60. The summed E-state index contributed by atoms with van der Waals surface area (Å²) in [4.78, 5) is 4.34. The van der Waals surface area contributed by atoms with Crippen LogP contribution >= 0.6 is 0 Å². The van der Waals surface area contributed by atoms with E-state index in [2.05, 4.69) is 11.6 Å². The van der Waals surface area contributed by atoms with Gasteiger partial charge in [-0.2, -0.15) is 0 Å². The Morgan fingerprint density at radius 2 is 2.17 bits per heavy atom. The molecule has 3 nitrogen and oxygen atoms in total. The maximum absolute atomic E-state index is 15.5. The summed E-state index contributed by atoms with van der Waals surface area (Å²) in [5.74, 6) is 0.669. The second kappa shape index (κ2) is 5.39. The molecule has 5 atom stereocenters. The molecule has 0 aliphatic carbocycles. The van der Waals surface area contributed by atoms with Crippen molar-refractivity contribution >= 4 is 10.9 Å². The molecule has 0 amide bonds. The first-order chi connectivity index (χ1) is 11.1. The van der Waals surface area contributed by atoms with E-state index in [-0.39, 0.29) is 5.92 Å². The monoisotopic (exact) mass is 313 g/mol. The third-order valence-electron chi connectivity index (χ3n) is 5.80. The van der Waals surface area contributed by atoms with Crippen molar-refractivity contribution in [1.82, 2.24) is 4.98 Å². The summed E-state index contributed by atoms with van der Waals surface area (Å²) in [6.07, 6.45) is 4.38. The van der Waals surface area contributed by atoms with Crippen LogP contribution in [-0.2, 0) is 0 Å². The van der Waals surface area contributed by atoms with Gasteiger partial charge in [0.15, 0.2) is 6.04 Å². The van der Waals surface area contributed by atoms with Crippen molar-refractivity contribution in [2.45, 2.75) is 25.0 Å². The third kappa shape index (κ3) is 2.28. The molecular formula is C19H22FN2O+. The molecule has 3 aliphatic rings. The molecule has 3 unspecified atom stereocenters. The molecule has 2 aromatic rings. The van der Waals surface area contributed by atoms with Crippen LogP contribution in [0.4, 0.5) is 4.48 Å². The van der Waals surface area contributed by atoms with Gasteiger partial charge in [0.2, 0.25) is 0 Å². The highest BCUT2D eigenvalue weighted by Gasteiger charge is 2.56. The number of aliphatic hydroxyl groups excluding tert-OH is 1. The largest absolute Gasteiger partial charge is 0.382 e. The summed E-state index contributed by atoms with van der Waals surface area (Å²) in [6, 6.07) is 9.17.